The van der Waals surface area contributed by atoms with Crippen molar-refractivity contribution in [1.29, 1.82) is 0 Å². The average molecular weight is 168 g/mol. The molecule has 1 rings (SSSR count). The monoisotopic (exact) mass is 168 g/mol. The molecule has 0 radical (unpaired) electrons. The van der Waals surface area contributed by atoms with E-state index in [1.54, 1.807) is 0 Å². The van der Waals surface area contributed by atoms with Gasteiger partial charge in [0.1, 0.15) is 0 Å². The van der Waals surface area contributed by atoms with Gasteiger partial charge in [0.2, 0.25) is 5.96 Å². The van der Waals surface area contributed by atoms with Gasteiger partial charge < -0.3 is 5.73 Å². The molecule has 0 spiro atoms. The summed E-state index contributed by atoms with van der Waals surface area (Å²) in [5.74, 6) is 6.03. The molecule has 0 aliphatic heterocycles. The number of guanidine groups is 1. The number of hydrazine groups is 1. The molecule has 1 atom stereocenters. The zero-order chi connectivity index (χ0) is 8.81. The lowest BCUT2D eigenvalue weighted by Crippen LogP contribution is -2.37. The Balaban J connectivity index is 2.27. The molecule has 0 saturated heterocycles. The van der Waals surface area contributed by atoms with Crippen LogP contribution in [0.25, 0.3) is 0 Å². The number of nitrogens with one attached hydrogen (secondary N) is 1. The number of hydrogen-bond donors (Lipinski definition) is 3. The van der Waals surface area contributed by atoms with E-state index in [0.29, 0.717) is 11.9 Å². The molecule has 0 aromatic rings. The van der Waals surface area contributed by atoms with Crippen molar-refractivity contribution in [1.82, 2.24) is 5.43 Å². The first kappa shape index (κ1) is 9.06. The maximum Gasteiger partial charge on any atom is 0.203 e. The van der Waals surface area contributed by atoms with Crippen LogP contribution in [-0.4, -0.2) is 12.5 Å². The van der Waals surface area contributed by atoms with Crippen molar-refractivity contribution in [3.8, 4) is 0 Å². The molecule has 68 valence electrons. The summed E-state index contributed by atoms with van der Waals surface area (Å²) in [5, 5.41) is 0. The van der Waals surface area contributed by atoms with Crippen LogP contribution < -0.4 is 17.0 Å². The van der Waals surface area contributed by atoms with Gasteiger partial charge in [0.05, 0.1) is 0 Å². The van der Waals surface area contributed by atoms with Crippen molar-refractivity contribution < 1.29 is 0 Å². The SMILES string of the molecule is NNC(N)=NCC1CC=CCC1. The van der Waals surface area contributed by atoms with E-state index in [9.17, 15) is 0 Å². The van der Waals surface area contributed by atoms with Gasteiger partial charge in [-0.2, -0.15) is 0 Å². The Hall–Kier alpha value is -1.03. The van der Waals surface area contributed by atoms with Crippen LogP contribution >= 0.6 is 0 Å². The minimum absolute atomic E-state index is 0.324. The third-order valence-corrected chi connectivity index (χ3v) is 2.05. The van der Waals surface area contributed by atoms with Crippen molar-refractivity contribution in [2.24, 2.45) is 22.5 Å². The van der Waals surface area contributed by atoms with Crippen LogP contribution in [0.15, 0.2) is 17.1 Å². The molecule has 5 N–H and O–H groups in total. The Kier molecular flexibility index (Phi) is 3.60. The highest BCUT2D eigenvalue weighted by Gasteiger charge is 2.08. The smallest absolute Gasteiger partial charge is 0.203 e. The lowest BCUT2D eigenvalue weighted by molar-refractivity contribution is 0.491. The van der Waals surface area contributed by atoms with Crippen molar-refractivity contribution in [2.45, 2.75) is 19.3 Å². The second kappa shape index (κ2) is 4.77. The van der Waals surface area contributed by atoms with Crippen LogP contribution in [-0.2, 0) is 0 Å². The van der Waals surface area contributed by atoms with Crippen LogP contribution in [0.1, 0.15) is 19.3 Å². The fraction of sp³-hybridized carbons (Fsp3) is 0.625. The zero-order valence-corrected chi connectivity index (χ0v) is 7.16. The fourth-order valence-electron chi connectivity index (χ4n) is 1.30. The third kappa shape index (κ3) is 2.92. The lowest BCUT2D eigenvalue weighted by Gasteiger charge is -2.14. The van der Waals surface area contributed by atoms with Gasteiger partial charge in [0, 0.05) is 6.54 Å². The van der Waals surface area contributed by atoms with E-state index in [1.165, 1.54) is 6.42 Å². The first-order valence-electron chi connectivity index (χ1n) is 4.24. The molecule has 4 heteroatoms. The van der Waals surface area contributed by atoms with E-state index >= 15 is 0 Å². The number of aliphatic imine (C=N–C) groups is 1. The van der Waals surface area contributed by atoms with Crippen molar-refractivity contribution in [3.63, 3.8) is 0 Å². The third-order valence-electron chi connectivity index (χ3n) is 2.05. The summed E-state index contributed by atoms with van der Waals surface area (Å²) < 4.78 is 0. The first-order chi connectivity index (χ1) is 5.83. The molecule has 0 saturated carbocycles. The minimum atomic E-state index is 0.324. The van der Waals surface area contributed by atoms with Gasteiger partial charge in [0.15, 0.2) is 0 Å². The Morgan fingerprint density at radius 2 is 2.42 bits per heavy atom. The summed E-state index contributed by atoms with van der Waals surface area (Å²) in [7, 11) is 0. The average Bonchev–Trinajstić information content (AvgIpc) is 2.16. The molecule has 0 bridgehead atoms. The Labute approximate surface area is 72.7 Å². The van der Waals surface area contributed by atoms with Crippen molar-refractivity contribution in [2.75, 3.05) is 6.54 Å². The largest absolute Gasteiger partial charge is 0.369 e. The highest BCUT2D eigenvalue weighted by atomic mass is 15.3. The van der Waals surface area contributed by atoms with E-state index in [1.807, 2.05) is 0 Å². The summed E-state index contributed by atoms with van der Waals surface area (Å²) >= 11 is 0. The maximum absolute atomic E-state index is 5.39. The maximum atomic E-state index is 5.39. The Morgan fingerprint density at radius 3 is 3.00 bits per heavy atom. The molecule has 0 heterocycles. The summed E-state index contributed by atoms with van der Waals surface area (Å²) in [5.41, 5.74) is 7.70. The van der Waals surface area contributed by atoms with Crippen molar-refractivity contribution >= 4 is 5.96 Å². The van der Waals surface area contributed by atoms with Gasteiger partial charge in [-0.05, 0) is 25.2 Å². The van der Waals surface area contributed by atoms with E-state index in [0.717, 1.165) is 19.4 Å². The van der Waals surface area contributed by atoms with Gasteiger partial charge in [0.25, 0.3) is 0 Å². The zero-order valence-electron chi connectivity index (χ0n) is 7.16. The number of nitrogens with zero attached hydrogens (tertiary/aromatic N) is 1. The second-order valence-corrected chi connectivity index (χ2v) is 3.02. The van der Waals surface area contributed by atoms with Gasteiger partial charge in [-0.1, -0.05) is 12.2 Å². The molecule has 12 heavy (non-hydrogen) atoms. The topological polar surface area (TPSA) is 76.4 Å². The molecule has 4 nitrogen and oxygen atoms in total. The van der Waals surface area contributed by atoms with Crippen LogP contribution in [0.3, 0.4) is 0 Å². The molecular formula is C8H16N4. The normalized spacial score (nSPS) is 24.1. The van der Waals surface area contributed by atoms with Crippen LogP contribution in [0.4, 0.5) is 0 Å². The summed E-state index contributed by atoms with van der Waals surface area (Å²) in [6.45, 7) is 0.778. The summed E-state index contributed by atoms with van der Waals surface area (Å²) in [4.78, 5) is 4.09. The van der Waals surface area contributed by atoms with Gasteiger partial charge in [-0.15, -0.1) is 0 Å². The van der Waals surface area contributed by atoms with Gasteiger partial charge >= 0.3 is 0 Å². The van der Waals surface area contributed by atoms with Gasteiger partial charge in [-0.3, -0.25) is 10.4 Å². The fourth-order valence-corrected chi connectivity index (χ4v) is 1.30. The van der Waals surface area contributed by atoms with E-state index < -0.39 is 0 Å². The summed E-state index contributed by atoms with van der Waals surface area (Å²) in [6, 6.07) is 0. The summed E-state index contributed by atoms with van der Waals surface area (Å²) in [6.07, 6.45) is 7.90. The molecule has 1 aliphatic carbocycles. The Bertz CT molecular complexity index is 185. The number of allylic oxidation sites excluding steroid dienone is 2. The van der Waals surface area contributed by atoms with E-state index in [2.05, 4.69) is 22.6 Å². The van der Waals surface area contributed by atoms with Crippen molar-refractivity contribution in [3.05, 3.63) is 12.2 Å². The lowest BCUT2D eigenvalue weighted by atomic mass is 9.95. The van der Waals surface area contributed by atoms with Gasteiger partial charge in [-0.25, -0.2) is 5.84 Å². The molecule has 0 aromatic heterocycles. The van der Waals surface area contributed by atoms with Crippen LogP contribution in [0, 0.1) is 5.92 Å². The Morgan fingerprint density at radius 1 is 1.58 bits per heavy atom. The quantitative estimate of drug-likeness (QED) is 0.180. The molecular weight excluding hydrogens is 152 g/mol. The molecule has 1 unspecified atom stereocenters. The number of nitrogens with two attached hydrogens (primary N) is 2. The predicted molar refractivity (Wildman–Crippen MR) is 50.3 cm³/mol. The highest BCUT2D eigenvalue weighted by Crippen LogP contribution is 2.17. The molecule has 0 fully saturated rings. The predicted octanol–water partition coefficient (Wildman–Crippen LogP) is 0.121. The van der Waals surface area contributed by atoms with E-state index in [-0.39, 0.29) is 0 Å². The van der Waals surface area contributed by atoms with Crippen LogP contribution in [0.5, 0.6) is 0 Å². The highest BCUT2D eigenvalue weighted by molar-refractivity contribution is 5.77. The molecule has 1 aliphatic rings. The standard InChI is InChI=1S/C8H16N4/c9-8(12-10)11-6-7-4-2-1-3-5-7/h1-2,7H,3-6,10H2,(H3,9,11,12). The second-order valence-electron chi connectivity index (χ2n) is 3.02. The van der Waals surface area contributed by atoms with E-state index in [4.69, 9.17) is 11.6 Å². The minimum Gasteiger partial charge on any atom is -0.369 e. The number of rotatable bonds is 2. The molecule has 0 amide bonds. The van der Waals surface area contributed by atoms with Crippen LogP contribution in [0.2, 0.25) is 0 Å². The molecule has 0 aromatic carbocycles. The first-order valence-corrected chi connectivity index (χ1v) is 4.24. The number of hydrogen-bond acceptors (Lipinski definition) is 2.